The number of ether oxygens (including phenoxy) is 1. The molecular formula is C21H34O3. The van der Waals surface area contributed by atoms with Crippen molar-refractivity contribution >= 4 is 5.97 Å². The molecule has 136 valence electrons. The average Bonchev–Trinajstić information content (AvgIpc) is 2.59. The fourth-order valence-corrected chi connectivity index (χ4v) is 2.05. The highest BCUT2D eigenvalue weighted by atomic mass is 16.5. The summed E-state index contributed by atoms with van der Waals surface area (Å²) < 4.78 is 4.57. The maximum absolute atomic E-state index is 10.9. The molecule has 0 aliphatic carbocycles. The largest absolute Gasteiger partial charge is 0.469 e. The number of hydrogen-bond donors (Lipinski definition) is 1. The van der Waals surface area contributed by atoms with Crippen molar-refractivity contribution in [2.24, 2.45) is 0 Å². The van der Waals surface area contributed by atoms with Gasteiger partial charge in [0.25, 0.3) is 0 Å². The van der Waals surface area contributed by atoms with Crippen molar-refractivity contribution in [3.05, 3.63) is 48.6 Å². The van der Waals surface area contributed by atoms with Crippen LogP contribution in [0.2, 0.25) is 0 Å². The summed E-state index contributed by atoms with van der Waals surface area (Å²) >= 11 is 0. The first-order valence-corrected chi connectivity index (χ1v) is 9.08. The summed E-state index contributed by atoms with van der Waals surface area (Å²) in [4.78, 5) is 10.9. The van der Waals surface area contributed by atoms with Gasteiger partial charge in [-0.05, 0) is 38.5 Å². The standard InChI is InChI=1S/C21H34O3/c1-3-4-5-6-7-8-9-11-14-17-20(22)18-15-12-10-13-16-19-21(23)24-2/h7-8,10-12,14-15,18,20,22H,3-6,9,13,16-17,19H2,1-2H3/b8-7-,12-10-,14-11-,18-15+. The van der Waals surface area contributed by atoms with Gasteiger partial charge in [-0.15, -0.1) is 0 Å². The highest BCUT2D eigenvalue weighted by Crippen LogP contribution is 2.02. The molecule has 0 heterocycles. The van der Waals surface area contributed by atoms with E-state index >= 15 is 0 Å². The van der Waals surface area contributed by atoms with Crippen LogP contribution in [0.5, 0.6) is 0 Å². The van der Waals surface area contributed by atoms with Crippen molar-refractivity contribution in [3.8, 4) is 0 Å². The van der Waals surface area contributed by atoms with Gasteiger partial charge in [-0.1, -0.05) is 68.4 Å². The zero-order valence-corrected chi connectivity index (χ0v) is 15.3. The maximum Gasteiger partial charge on any atom is 0.305 e. The molecule has 0 amide bonds. The van der Waals surface area contributed by atoms with Crippen LogP contribution < -0.4 is 0 Å². The smallest absolute Gasteiger partial charge is 0.305 e. The van der Waals surface area contributed by atoms with Crippen molar-refractivity contribution < 1.29 is 14.6 Å². The number of carbonyl (C=O) groups excluding carboxylic acids is 1. The molecule has 1 unspecified atom stereocenters. The van der Waals surface area contributed by atoms with Crippen LogP contribution in [0.25, 0.3) is 0 Å². The van der Waals surface area contributed by atoms with Crippen LogP contribution in [-0.4, -0.2) is 24.3 Å². The number of rotatable bonds is 14. The number of unbranched alkanes of at least 4 members (excludes halogenated alkanes) is 4. The fourth-order valence-electron chi connectivity index (χ4n) is 2.05. The molecule has 0 aromatic heterocycles. The van der Waals surface area contributed by atoms with E-state index in [2.05, 4.69) is 29.9 Å². The van der Waals surface area contributed by atoms with Crippen molar-refractivity contribution in [2.45, 2.75) is 70.8 Å². The summed E-state index contributed by atoms with van der Waals surface area (Å²) in [5.74, 6) is -0.169. The van der Waals surface area contributed by atoms with Crippen LogP contribution in [0.1, 0.15) is 64.7 Å². The van der Waals surface area contributed by atoms with Gasteiger partial charge in [0.05, 0.1) is 13.2 Å². The second kappa shape index (κ2) is 17.7. The SMILES string of the molecule is CCCCC/C=C\C/C=C\CC(O)/C=C/C=C\CCCC(=O)OC. The minimum absolute atomic E-state index is 0.169. The van der Waals surface area contributed by atoms with Crippen molar-refractivity contribution in [2.75, 3.05) is 7.11 Å². The molecule has 24 heavy (non-hydrogen) atoms. The van der Waals surface area contributed by atoms with Gasteiger partial charge in [0, 0.05) is 6.42 Å². The van der Waals surface area contributed by atoms with Crippen molar-refractivity contribution in [1.82, 2.24) is 0 Å². The predicted molar refractivity (Wildman–Crippen MR) is 102 cm³/mol. The highest BCUT2D eigenvalue weighted by molar-refractivity contribution is 5.69. The second-order valence-electron chi connectivity index (χ2n) is 5.76. The highest BCUT2D eigenvalue weighted by Gasteiger charge is 1.96. The normalized spacial score (nSPS) is 13.6. The Bertz CT molecular complexity index is 405. The Balaban J connectivity index is 3.64. The van der Waals surface area contributed by atoms with E-state index in [1.807, 2.05) is 24.3 Å². The molecule has 0 bridgehead atoms. The molecule has 0 aromatic carbocycles. The monoisotopic (exact) mass is 334 g/mol. The van der Waals surface area contributed by atoms with Gasteiger partial charge >= 0.3 is 5.97 Å². The van der Waals surface area contributed by atoms with Gasteiger partial charge in [-0.25, -0.2) is 0 Å². The minimum atomic E-state index is -0.450. The number of allylic oxidation sites excluding steroid dienone is 6. The molecule has 0 spiro atoms. The van der Waals surface area contributed by atoms with Crippen LogP contribution in [0.3, 0.4) is 0 Å². The van der Waals surface area contributed by atoms with Gasteiger partial charge < -0.3 is 9.84 Å². The third kappa shape index (κ3) is 16.8. The molecule has 0 aliphatic rings. The Morgan fingerprint density at radius 2 is 1.75 bits per heavy atom. The van der Waals surface area contributed by atoms with E-state index < -0.39 is 6.10 Å². The van der Waals surface area contributed by atoms with E-state index in [1.54, 1.807) is 6.08 Å². The third-order valence-electron chi connectivity index (χ3n) is 3.52. The first kappa shape index (κ1) is 22.4. The lowest BCUT2D eigenvalue weighted by Gasteiger charge is -1.99. The van der Waals surface area contributed by atoms with Crippen LogP contribution in [-0.2, 0) is 9.53 Å². The molecule has 3 nitrogen and oxygen atoms in total. The van der Waals surface area contributed by atoms with Gasteiger partial charge in [0.1, 0.15) is 0 Å². The molecular weight excluding hydrogens is 300 g/mol. The number of aliphatic hydroxyl groups is 1. The molecule has 0 fully saturated rings. The number of aliphatic hydroxyl groups excluding tert-OH is 1. The molecule has 0 saturated carbocycles. The van der Waals surface area contributed by atoms with E-state index in [4.69, 9.17) is 0 Å². The Labute approximate surface area is 147 Å². The van der Waals surface area contributed by atoms with E-state index in [1.165, 1.54) is 32.8 Å². The topological polar surface area (TPSA) is 46.5 Å². The Hall–Kier alpha value is -1.61. The number of hydrogen-bond acceptors (Lipinski definition) is 3. The van der Waals surface area contributed by atoms with Crippen LogP contribution >= 0.6 is 0 Å². The van der Waals surface area contributed by atoms with E-state index in [-0.39, 0.29) is 5.97 Å². The van der Waals surface area contributed by atoms with Gasteiger partial charge in [0.2, 0.25) is 0 Å². The summed E-state index contributed by atoms with van der Waals surface area (Å²) in [5, 5.41) is 9.81. The van der Waals surface area contributed by atoms with Crippen LogP contribution in [0, 0.1) is 0 Å². The van der Waals surface area contributed by atoms with Crippen molar-refractivity contribution in [3.63, 3.8) is 0 Å². The molecule has 0 aromatic rings. The lowest BCUT2D eigenvalue weighted by molar-refractivity contribution is -0.140. The van der Waals surface area contributed by atoms with E-state index in [9.17, 15) is 9.90 Å². The van der Waals surface area contributed by atoms with Gasteiger partial charge in [-0.3, -0.25) is 4.79 Å². The summed E-state index contributed by atoms with van der Waals surface area (Å²) in [5.41, 5.74) is 0. The van der Waals surface area contributed by atoms with E-state index in [0.717, 1.165) is 19.3 Å². The Kier molecular flexibility index (Phi) is 16.5. The first-order valence-electron chi connectivity index (χ1n) is 9.08. The van der Waals surface area contributed by atoms with Crippen LogP contribution in [0.4, 0.5) is 0 Å². The lowest BCUT2D eigenvalue weighted by atomic mass is 10.2. The molecule has 1 N–H and O–H groups in total. The summed E-state index contributed by atoms with van der Waals surface area (Å²) in [6.45, 7) is 2.22. The molecule has 0 saturated heterocycles. The van der Waals surface area contributed by atoms with Crippen LogP contribution in [0.15, 0.2) is 48.6 Å². The number of esters is 1. The second-order valence-corrected chi connectivity index (χ2v) is 5.76. The minimum Gasteiger partial charge on any atom is -0.469 e. The number of methoxy groups -OCH3 is 1. The van der Waals surface area contributed by atoms with Crippen molar-refractivity contribution in [1.29, 1.82) is 0 Å². The predicted octanol–water partition coefficient (Wildman–Crippen LogP) is 5.28. The molecule has 0 rings (SSSR count). The molecule has 0 aliphatic heterocycles. The Morgan fingerprint density at radius 1 is 1.00 bits per heavy atom. The van der Waals surface area contributed by atoms with E-state index in [0.29, 0.717) is 12.8 Å². The molecule has 3 heteroatoms. The summed E-state index contributed by atoms with van der Waals surface area (Å²) in [6, 6.07) is 0. The van der Waals surface area contributed by atoms with Gasteiger partial charge in [-0.2, -0.15) is 0 Å². The zero-order valence-electron chi connectivity index (χ0n) is 15.3. The lowest BCUT2D eigenvalue weighted by Crippen LogP contribution is -1.98. The molecule has 1 atom stereocenters. The summed E-state index contributed by atoms with van der Waals surface area (Å²) in [6.07, 6.45) is 24.3. The summed E-state index contributed by atoms with van der Waals surface area (Å²) in [7, 11) is 1.40. The molecule has 0 radical (unpaired) electrons. The third-order valence-corrected chi connectivity index (χ3v) is 3.52. The number of carbonyl (C=O) groups is 1. The zero-order chi connectivity index (χ0) is 17.9. The quantitative estimate of drug-likeness (QED) is 0.203. The Morgan fingerprint density at radius 3 is 2.50 bits per heavy atom. The van der Waals surface area contributed by atoms with Gasteiger partial charge in [0.15, 0.2) is 0 Å². The maximum atomic E-state index is 10.9. The fraction of sp³-hybridized carbons (Fsp3) is 0.571. The first-order chi connectivity index (χ1) is 11.7. The average molecular weight is 335 g/mol.